The molecule has 0 radical (unpaired) electrons. The minimum atomic E-state index is 0.794. The lowest BCUT2D eigenvalue weighted by molar-refractivity contribution is 0.271. The Labute approximate surface area is 75.0 Å². The maximum Gasteiger partial charge on any atom is -0.00457 e. The van der Waals surface area contributed by atoms with Crippen molar-refractivity contribution in [1.82, 2.24) is 0 Å². The first-order chi connectivity index (χ1) is 5.78. The van der Waals surface area contributed by atoms with Crippen LogP contribution in [0.25, 0.3) is 0 Å². The molecule has 2 aliphatic carbocycles. The van der Waals surface area contributed by atoms with E-state index in [9.17, 15) is 0 Å². The van der Waals surface area contributed by atoms with E-state index in [0.717, 1.165) is 24.3 Å². The van der Waals surface area contributed by atoms with Gasteiger partial charge in [-0.05, 0) is 50.0 Å². The number of hydrogen-bond donors (Lipinski definition) is 1. The third-order valence-electron chi connectivity index (χ3n) is 3.33. The molecule has 2 bridgehead atoms. The topological polar surface area (TPSA) is 26.0 Å². The Kier molecular flexibility index (Phi) is 2.22. The molecular formula is C11H19N. The minimum Gasteiger partial charge on any atom is -0.330 e. The molecule has 3 atom stereocenters. The predicted molar refractivity (Wildman–Crippen MR) is 51.7 cm³/mol. The van der Waals surface area contributed by atoms with E-state index in [1.165, 1.54) is 25.7 Å². The number of fused-ring (bicyclic) bond motifs is 2. The van der Waals surface area contributed by atoms with Gasteiger partial charge in [-0.3, -0.25) is 0 Å². The number of rotatable bonds is 1. The molecular weight excluding hydrogens is 146 g/mol. The van der Waals surface area contributed by atoms with Gasteiger partial charge in [0.25, 0.3) is 0 Å². The van der Waals surface area contributed by atoms with Crippen molar-refractivity contribution in [2.45, 2.75) is 32.6 Å². The molecule has 0 aromatic carbocycles. The van der Waals surface area contributed by atoms with Crippen molar-refractivity contribution in [1.29, 1.82) is 0 Å². The highest BCUT2D eigenvalue weighted by molar-refractivity contribution is 5.13. The second kappa shape index (κ2) is 3.21. The molecule has 1 heteroatoms. The zero-order chi connectivity index (χ0) is 8.55. The third kappa shape index (κ3) is 1.56. The summed E-state index contributed by atoms with van der Waals surface area (Å²) in [4.78, 5) is 0. The van der Waals surface area contributed by atoms with E-state index < -0.39 is 0 Å². The lowest BCUT2D eigenvalue weighted by atomic mass is 9.71. The highest BCUT2D eigenvalue weighted by Gasteiger charge is 2.28. The molecule has 2 rings (SSSR count). The third-order valence-corrected chi connectivity index (χ3v) is 3.33. The summed E-state index contributed by atoms with van der Waals surface area (Å²) >= 11 is 0. The van der Waals surface area contributed by atoms with Crippen molar-refractivity contribution in [2.24, 2.45) is 23.5 Å². The smallest absolute Gasteiger partial charge is 0.00457 e. The van der Waals surface area contributed by atoms with E-state index in [2.05, 4.69) is 13.0 Å². The molecule has 68 valence electrons. The zero-order valence-electron chi connectivity index (χ0n) is 7.92. The summed E-state index contributed by atoms with van der Waals surface area (Å²) in [5.74, 6) is 2.59. The second-order valence-electron chi connectivity index (χ2n) is 4.65. The van der Waals surface area contributed by atoms with Crippen LogP contribution in [-0.4, -0.2) is 6.54 Å². The van der Waals surface area contributed by atoms with Crippen molar-refractivity contribution >= 4 is 0 Å². The summed E-state index contributed by atoms with van der Waals surface area (Å²) in [5.41, 5.74) is 7.41. The lowest BCUT2D eigenvalue weighted by Crippen LogP contribution is -2.27. The van der Waals surface area contributed by atoms with E-state index in [1.54, 1.807) is 5.57 Å². The van der Waals surface area contributed by atoms with Gasteiger partial charge in [-0.25, -0.2) is 0 Å². The number of allylic oxidation sites excluding steroid dienone is 2. The average molecular weight is 165 g/mol. The van der Waals surface area contributed by atoms with Crippen LogP contribution in [-0.2, 0) is 0 Å². The van der Waals surface area contributed by atoms with Gasteiger partial charge in [-0.1, -0.05) is 18.6 Å². The Balaban J connectivity index is 2.09. The second-order valence-corrected chi connectivity index (χ2v) is 4.65. The highest BCUT2D eigenvalue weighted by atomic mass is 14.6. The van der Waals surface area contributed by atoms with Crippen molar-refractivity contribution < 1.29 is 0 Å². The normalized spacial score (nSPS) is 40.8. The van der Waals surface area contributed by atoms with Crippen LogP contribution in [0, 0.1) is 17.8 Å². The molecule has 1 saturated carbocycles. The summed E-state index contributed by atoms with van der Waals surface area (Å²) in [6.07, 6.45) is 7.94. The molecule has 0 aromatic heterocycles. The Hall–Kier alpha value is -0.300. The van der Waals surface area contributed by atoms with Gasteiger partial charge in [0.15, 0.2) is 0 Å². The fourth-order valence-corrected chi connectivity index (χ4v) is 2.95. The molecule has 0 amide bonds. The summed E-state index contributed by atoms with van der Waals surface area (Å²) in [6, 6.07) is 0. The van der Waals surface area contributed by atoms with Crippen molar-refractivity contribution in [3.63, 3.8) is 0 Å². The van der Waals surface area contributed by atoms with Crippen molar-refractivity contribution in [3.05, 3.63) is 11.6 Å². The Morgan fingerprint density at radius 1 is 1.42 bits per heavy atom. The first-order valence-corrected chi connectivity index (χ1v) is 5.17. The van der Waals surface area contributed by atoms with Crippen LogP contribution in [0.1, 0.15) is 32.6 Å². The molecule has 0 aromatic rings. The summed E-state index contributed by atoms with van der Waals surface area (Å²) < 4.78 is 0. The monoisotopic (exact) mass is 165 g/mol. The molecule has 3 unspecified atom stereocenters. The summed E-state index contributed by atoms with van der Waals surface area (Å²) in [5, 5.41) is 0. The van der Waals surface area contributed by atoms with Crippen LogP contribution in [0.15, 0.2) is 11.6 Å². The van der Waals surface area contributed by atoms with Crippen LogP contribution >= 0.6 is 0 Å². The highest BCUT2D eigenvalue weighted by Crippen LogP contribution is 2.40. The van der Waals surface area contributed by atoms with Crippen molar-refractivity contribution in [3.8, 4) is 0 Å². The SMILES string of the molecule is CC1C=C2CC(CN)CC(C2)C1. The van der Waals surface area contributed by atoms with E-state index >= 15 is 0 Å². The molecule has 2 N–H and O–H groups in total. The van der Waals surface area contributed by atoms with Crippen LogP contribution in [0.5, 0.6) is 0 Å². The van der Waals surface area contributed by atoms with E-state index in [0.29, 0.717) is 0 Å². The Morgan fingerprint density at radius 2 is 2.25 bits per heavy atom. The molecule has 1 nitrogen and oxygen atoms in total. The van der Waals surface area contributed by atoms with Gasteiger partial charge in [0.2, 0.25) is 0 Å². The first kappa shape index (κ1) is 8.31. The fraction of sp³-hybridized carbons (Fsp3) is 0.818. The molecule has 1 fully saturated rings. The van der Waals surface area contributed by atoms with E-state index in [-0.39, 0.29) is 0 Å². The average Bonchev–Trinajstić information content (AvgIpc) is 2.02. The van der Waals surface area contributed by atoms with Crippen LogP contribution in [0.2, 0.25) is 0 Å². The maximum atomic E-state index is 5.71. The molecule has 0 aliphatic heterocycles. The Morgan fingerprint density at radius 3 is 2.92 bits per heavy atom. The number of nitrogens with two attached hydrogens (primary N) is 1. The molecule has 0 spiro atoms. The first-order valence-electron chi connectivity index (χ1n) is 5.17. The van der Waals surface area contributed by atoms with Gasteiger partial charge < -0.3 is 5.73 Å². The largest absolute Gasteiger partial charge is 0.330 e. The summed E-state index contributed by atoms with van der Waals surface area (Å²) in [6.45, 7) is 3.23. The molecule has 0 saturated heterocycles. The minimum absolute atomic E-state index is 0.794. The predicted octanol–water partition coefficient (Wildman–Crippen LogP) is 2.33. The van der Waals surface area contributed by atoms with E-state index in [4.69, 9.17) is 5.73 Å². The van der Waals surface area contributed by atoms with Gasteiger partial charge in [0, 0.05) is 0 Å². The van der Waals surface area contributed by atoms with Crippen molar-refractivity contribution in [2.75, 3.05) is 6.54 Å². The summed E-state index contributed by atoms with van der Waals surface area (Å²) in [7, 11) is 0. The Bertz CT molecular complexity index is 195. The van der Waals surface area contributed by atoms with Gasteiger partial charge in [-0.15, -0.1) is 0 Å². The van der Waals surface area contributed by atoms with Gasteiger partial charge in [-0.2, -0.15) is 0 Å². The van der Waals surface area contributed by atoms with Crippen LogP contribution < -0.4 is 5.73 Å². The molecule has 2 aliphatic rings. The number of hydrogen-bond acceptors (Lipinski definition) is 1. The zero-order valence-corrected chi connectivity index (χ0v) is 7.92. The lowest BCUT2D eigenvalue weighted by Gasteiger charge is -2.35. The molecule has 0 heterocycles. The standard InChI is InChI=1S/C11H19N/c1-8-2-9-4-10(3-8)6-11(5-9)7-12/h2,8,10-11H,3-7,12H2,1H3. The van der Waals surface area contributed by atoms with Gasteiger partial charge in [0.05, 0.1) is 0 Å². The van der Waals surface area contributed by atoms with Crippen LogP contribution in [0.3, 0.4) is 0 Å². The van der Waals surface area contributed by atoms with E-state index in [1.807, 2.05) is 0 Å². The van der Waals surface area contributed by atoms with Crippen LogP contribution in [0.4, 0.5) is 0 Å². The fourth-order valence-electron chi connectivity index (χ4n) is 2.95. The quantitative estimate of drug-likeness (QED) is 0.593. The van der Waals surface area contributed by atoms with Gasteiger partial charge >= 0.3 is 0 Å². The maximum absolute atomic E-state index is 5.71. The molecule has 12 heavy (non-hydrogen) atoms. The van der Waals surface area contributed by atoms with Gasteiger partial charge in [0.1, 0.15) is 0 Å².